The SMILES string of the molecule is C=C(C=C(NOC)c1ccccc1)NOC. The first kappa shape index (κ1) is 12.3. The van der Waals surface area contributed by atoms with Crippen molar-refractivity contribution < 1.29 is 9.68 Å². The van der Waals surface area contributed by atoms with Gasteiger partial charge in [-0.05, 0) is 11.6 Å². The highest BCUT2D eigenvalue weighted by Crippen LogP contribution is 2.12. The summed E-state index contributed by atoms with van der Waals surface area (Å²) < 4.78 is 0. The van der Waals surface area contributed by atoms with Crippen LogP contribution in [0.2, 0.25) is 0 Å². The molecule has 0 aliphatic rings. The van der Waals surface area contributed by atoms with Gasteiger partial charge >= 0.3 is 0 Å². The average Bonchev–Trinajstić information content (AvgIpc) is 2.30. The van der Waals surface area contributed by atoms with Gasteiger partial charge in [-0.15, -0.1) is 0 Å². The van der Waals surface area contributed by atoms with Crippen LogP contribution in [0, 0.1) is 0 Å². The van der Waals surface area contributed by atoms with Crippen LogP contribution in [-0.2, 0) is 9.68 Å². The van der Waals surface area contributed by atoms with Gasteiger partial charge in [-0.1, -0.05) is 36.9 Å². The van der Waals surface area contributed by atoms with Crippen LogP contribution in [0.4, 0.5) is 0 Å². The van der Waals surface area contributed by atoms with E-state index < -0.39 is 0 Å². The lowest BCUT2D eigenvalue weighted by molar-refractivity contribution is 0.120. The molecule has 0 aliphatic carbocycles. The van der Waals surface area contributed by atoms with E-state index >= 15 is 0 Å². The van der Waals surface area contributed by atoms with Gasteiger partial charge in [0.2, 0.25) is 0 Å². The Morgan fingerprint density at radius 3 is 2.31 bits per heavy atom. The fourth-order valence-electron chi connectivity index (χ4n) is 1.23. The first-order chi connectivity index (χ1) is 7.77. The van der Waals surface area contributed by atoms with E-state index in [4.69, 9.17) is 9.68 Å². The van der Waals surface area contributed by atoms with Crippen molar-refractivity contribution in [3.8, 4) is 0 Å². The highest BCUT2D eigenvalue weighted by molar-refractivity contribution is 5.65. The minimum Gasteiger partial charge on any atom is -0.279 e. The maximum Gasteiger partial charge on any atom is 0.0697 e. The molecule has 1 rings (SSSR count). The van der Waals surface area contributed by atoms with Crippen LogP contribution in [0.3, 0.4) is 0 Å². The van der Waals surface area contributed by atoms with E-state index in [1.54, 1.807) is 13.2 Å². The van der Waals surface area contributed by atoms with Crippen LogP contribution >= 0.6 is 0 Å². The highest BCUT2D eigenvalue weighted by Gasteiger charge is 2.00. The second kappa shape index (κ2) is 6.66. The van der Waals surface area contributed by atoms with Gasteiger partial charge in [0.25, 0.3) is 0 Å². The molecule has 1 aromatic carbocycles. The first-order valence-electron chi connectivity index (χ1n) is 4.82. The molecule has 0 radical (unpaired) electrons. The number of benzene rings is 1. The maximum absolute atomic E-state index is 4.91. The molecule has 16 heavy (non-hydrogen) atoms. The molecule has 86 valence electrons. The zero-order chi connectivity index (χ0) is 11.8. The minimum absolute atomic E-state index is 0.630. The van der Waals surface area contributed by atoms with Gasteiger partial charge in [0, 0.05) is 0 Å². The third-order valence-electron chi connectivity index (χ3n) is 1.85. The Morgan fingerprint density at radius 2 is 1.75 bits per heavy atom. The predicted molar refractivity (Wildman–Crippen MR) is 63.8 cm³/mol. The summed E-state index contributed by atoms with van der Waals surface area (Å²) >= 11 is 0. The van der Waals surface area contributed by atoms with Crippen LogP contribution in [0.25, 0.3) is 5.70 Å². The summed E-state index contributed by atoms with van der Waals surface area (Å²) in [6.07, 6.45) is 1.79. The predicted octanol–water partition coefficient (Wildman–Crippen LogP) is 1.84. The molecule has 0 saturated heterocycles. The number of allylic oxidation sites excluding steroid dienone is 1. The fourth-order valence-corrected chi connectivity index (χ4v) is 1.23. The van der Waals surface area contributed by atoms with E-state index in [-0.39, 0.29) is 0 Å². The summed E-state index contributed by atoms with van der Waals surface area (Å²) in [6, 6.07) is 9.80. The first-order valence-corrected chi connectivity index (χ1v) is 4.82. The minimum atomic E-state index is 0.630. The smallest absolute Gasteiger partial charge is 0.0697 e. The molecule has 0 spiro atoms. The van der Waals surface area contributed by atoms with Crippen LogP contribution in [0.5, 0.6) is 0 Å². The van der Waals surface area contributed by atoms with Crippen molar-refractivity contribution in [3.63, 3.8) is 0 Å². The van der Waals surface area contributed by atoms with E-state index in [1.165, 1.54) is 7.11 Å². The molecule has 0 bridgehead atoms. The standard InChI is InChI=1S/C12H16N2O2/c1-10(13-15-2)9-12(14-16-3)11-7-5-4-6-8-11/h4-9,13-14H,1H2,2-3H3. The molecular weight excluding hydrogens is 204 g/mol. The topological polar surface area (TPSA) is 42.5 Å². The van der Waals surface area contributed by atoms with Gasteiger partial charge in [0.15, 0.2) is 0 Å². The lowest BCUT2D eigenvalue weighted by Crippen LogP contribution is -2.14. The number of hydrogen-bond donors (Lipinski definition) is 2. The fraction of sp³-hybridized carbons (Fsp3) is 0.167. The van der Waals surface area contributed by atoms with Gasteiger partial charge in [-0.25, -0.2) is 0 Å². The Bertz CT molecular complexity index is 361. The van der Waals surface area contributed by atoms with Crippen LogP contribution in [0.1, 0.15) is 5.56 Å². The largest absolute Gasteiger partial charge is 0.279 e. The quantitative estimate of drug-likeness (QED) is 0.567. The van der Waals surface area contributed by atoms with Crippen LogP contribution < -0.4 is 11.0 Å². The van der Waals surface area contributed by atoms with E-state index in [2.05, 4.69) is 17.5 Å². The van der Waals surface area contributed by atoms with Crippen LogP contribution in [-0.4, -0.2) is 14.2 Å². The second-order valence-corrected chi connectivity index (χ2v) is 3.06. The normalized spacial score (nSPS) is 11.0. The zero-order valence-corrected chi connectivity index (χ0v) is 9.49. The van der Waals surface area contributed by atoms with Gasteiger partial charge in [0.1, 0.15) is 0 Å². The summed E-state index contributed by atoms with van der Waals surface area (Å²) in [6.45, 7) is 3.78. The van der Waals surface area contributed by atoms with Crippen molar-refractivity contribution >= 4 is 5.70 Å². The van der Waals surface area contributed by atoms with Crippen LogP contribution in [0.15, 0.2) is 48.7 Å². The molecular formula is C12H16N2O2. The molecule has 4 nitrogen and oxygen atoms in total. The summed E-state index contributed by atoms with van der Waals surface area (Å²) in [5, 5.41) is 0. The van der Waals surface area contributed by atoms with E-state index in [9.17, 15) is 0 Å². The van der Waals surface area contributed by atoms with Crippen molar-refractivity contribution in [2.75, 3.05) is 14.2 Å². The van der Waals surface area contributed by atoms with E-state index in [1.807, 2.05) is 30.3 Å². The summed E-state index contributed by atoms with van der Waals surface area (Å²) in [5.41, 5.74) is 7.87. The molecule has 4 heteroatoms. The average molecular weight is 220 g/mol. The van der Waals surface area contributed by atoms with Gasteiger partial charge < -0.3 is 0 Å². The Labute approximate surface area is 95.5 Å². The van der Waals surface area contributed by atoms with Crippen molar-refractivity contribution in [1.29, 1.82) is 0 Å². The van der Waals surface area contributed by atoms with Crippen molar-refractivity contribution in [3.05, 3.63) is 54.2 Å². The molecule has 0 amide bonds. The molecule has 0 fully saturated rings. The summed E-state index contributed by atoms with van der Waals surface area (Å²) in [4.78, 5) is 9.67. The van der Waals surface area contributed by atoms with Gasteiger partial charge in [-0.3, -0.25) is 20.6 Å². The van der Waals surface area contributed by atoms with E-state index in [0.29, 0.717) is 5.70 Å². The second-order valence-electron chi connectivity index (χ2n) is 3.06. The van der Waals surface area contributed by atoms with E-state index in [0.717, 1.165) is 11.3 Å². The molecule has 0 saturated carbocycles. The van der Waals surface area contributed by atoms with Gasteiger partial charge in [0.05, 0.1) is 25.6 Å². The Hall–Kier alpha value is -1.78. The molecule has 0 atom stereocenters. The van der Waals surface area contributed by atoms with Crippen molar-refractivity contribution in [2.24, 2.45) is 0 Å². The number of hydrogen-bond acceptors (Lipinski definition) is 4. The third-order valence-corrected chi connectivity index (χ3v) is 1.85. The Balaban J connectivity index is 2.86. The summed E-state index contributed by atoms with van der Waals surface area (Å²) in [5.74, 6) is 0. The Kier molecular flexibility index (Phi) is 5.11. The molecule has 0 aromatic heterocycles. The Morgan fingerprint density at radius 1 is 1.12 bits per heavy atom. The van der Waals surface area contributed by atoms with Crippen molar-refractivity contribution in [1.82, 2.24) is 11.0 Å². The van der Waals surface area contributed by atoms with Crippen molar-refractivity contribution in [2.45, 2.75) is 0 Å². The molecule has 1 aromatic rings. The maximum atomic E-state index is 4.91. The molecule has 0 heterocycles. The van der Waals surface area contributed by atoms with Gasteiger partial charge in [-0.2, -0.15) is 0 Å². The monoisotopic (exact) mass is 220 g/mol. The lowest BCUT2D eigenvalue weighted by Gasteiger charge is -2.10. The number of hydroxylamine groups is 2. The molecule has 2 N–H and O–H groups in total. The molecule has 0 unspecified atom stereocenters. The summed E-state index contributed by atoms with van der Waals surface area (Å²) in [7, 11) is 3.09. The third kappa shape index (κ3) is 3.76. The highest BCUT2D eigenvalue weighted by atomic mass is 16.6. The number of nitrogens with one attached hydrogen (secondary N) is 2. The number of rotatable bonds is 6. The lowest BCUT2D eigenvalue weighted by atomic mass is 10.1. The zero-order valence-electron chi connectivity index (χ0n) is 9.49. The molecule has 0 aliphatic heterocycles.